The second kappa shape index (κ2) is 6.79. The topological polar surface area (TPSA) is 119 Å². The Labute approximate surface area is 136 Å². The van der Waals surface area contributed by atoms with Gasteiger partial charge in [-0.1, -0.05) is 18.9 Å². The van der Waals surface area contributed by atoms with Crippen molar-refractivity contribution in [3.63, 3.8) is 0 Å². The molecule has 0 spiro atoms. The van der Waals surface area contributed by atoms with E-state index in [1.54, 1.807) is 0 Å². The van der Waals surface area contributed by atoms with Gasteiger partial charge in [-0.05, 0) is 30.3 Å². The number of nitrogens with two attached hydrogens (primary N) is 1. The van der Waals surface area contributed by atoms with Gasteiger partial charge < -0.3 is 11.1 Å². The number of amides is 3. The molecule has 0 bridgehead atoms. The fourth-order valence-electron chi connectivity index (χ4n) is 1.76. The Morgan fingerprint density at radius 2 is 1.83 bits per heavy atom. The van der Waals surface area contributed by atoms with E-state index in [2.05, 4.69) is 18.1 Å². The van der Waals surface area contributed by atoms with Crippen LogP contribution < -0.4 is 15.4 Å². The summed E-state index contributed by atoms with van der Waals surface area (Å²) < 4.78 is 1.00. The zero-order valence-electron chi connectivity index (χ0n) is 11.7. The number of benzene rings is 2. The second-order valence-corrected chi connectivity index (χ2v) is 4.86. The van der Waals surface area contributed by atoms with E-state index in [0.717, 1.165) is 4.31 Å². The van der Waals surface area contributed by atoms with Gasteiger partial charge in [-0.3, -0.25) is 14.9 Å². The van der Waals surface area contributed by atoms with E-state index in [9.17, 15) is 19.7 Å². The van der Waals surface area contributed by atoms with Gasteiger partial charge in [-0.25, -0.2) is 9.10 Å². The van der Waals surface area contributed by atoms with E-state index in [1.165, 1.54) is 48.5 Å². The van der Waals surface area contributed by atoms with E-state index < -0.39 is 16.9 Å². The third-order valence-corrected chi connectivity index (χ3v) is 3.31. The second-order valence-electron chi connectivity index (χ2n) is 4.46. The summed E-state index contributed by atoms with van der Waals surface area (Å²) in [5.74, 6) is -0.580. The van der Waals surface area contributed by atoms with Gasteiger partial charge in [0.15, 0.2) is 0 Å². The maximum Gasteiger partial charge on any atom is 0.336 e. The van der Waals surface area contributed by atoms with Gasteiger partial charge in [0.25, 0.3) is 5.69 Å². The number of nitrogens with zero attached hydrogens (tertiary/aromatic N) is 2. The molecule has 0 heterocycles. The van der Waals surface area contributed by atoms with Crippen LogP contribution in [0, 0.1) is 10.1 Å². The molecule has 0 fully saturated rings. The quantitative estimate of drug-likeness (QED) is 0.453. The molecule has 118 valence electrons. The fraction of sp³-hybridized carbons (Fsp3) is 0. The lowest BCUT2D eigenvalue weighted by molar-refractivity contribution is -0.384. The summed E-state index contributed by atoms with van der Waals surface area (Å²) in [6, 6.07) is 10.8. The number of nitrogens with one attached hydrogen (secondary N) is 1. The standard InChI is InChI=1S/C14H12N4O4S/c15-13(19)9-4-6-11(7-5-9)17(23)14(20)16-10-2-1-3-12(8-10)18(21)22/h1-8,23H,(H2,15,19)(H,16,20). The Bertz CT molecular complexity index is 764. The van der Waals surface area contributed by atoms with Crippen LogP contribution in [0.3, 0.4) is 0 Å². The van der Waals surface area contributed by atoms with Crippen LogP contribution in [0.1, 0.15) is 10.4 Å². The van der Waals surface area contributed by atoms with Crippen LogP contribution in [0.5, 0.6) is 0 Å². The smallest absolute Gasteiger partial charge is 0.336 e. The normalized spacial score (nSPS) is 9.96. The number of primary amides is 1. The zero-order chi connectivity index (χ0) is 17.0. The number of rotatable bonds is 4. The Morgan fingerprint density at radius 3 is 2.39 bits per heavy atom. The first-order chi connectivity index (χ1) is 10.9. The van der Waals surface area contributed by atoms with Crippen LogP contribution in [0.25, 0.3) is 0 Å². The Kier molecular flexibility index (Phi) is 4.82. The maximum atomic E-state index is 12.1. The first-order valence-electron chi connectivity index (χ1n) is 6.33. The molecule has 0 saturated heterocycles. The number of nitro benzene ring substituents is 1. The predicted molar refractivity (Wildman–Crippen MR) is 88.5 cm³/mol. The van der Waals surface area contributed by atoms with E-state index in [4.69, 9.17) is 5.73 Å². The molecule has 0 aliphatic heterocycles. The summed E-state index contributed by atoms with van der Waals surface area (Å²) in [6.07, 6.45) is 0. The van der Waals surface area contributed by atoms with Crippen molar-refractivity contribution in [1.82, 2.24) is 0 Å². The molecule has 0 aliphatic rings. The lowest BCUT2D eigenvalue weighted by atomic mass is 10.2. The SMILES string of the molecule is NC(=O)c1ccc(N(S)C(=O)Nc2cccc([N+](=O)[O-])c2)cc1. The van der Waals surface area contributed by atoms with Crippen LogP contribution in [0.4, 0.5) is 21.9 Å². The fourth-order valence-corrected chi connectivity index (χ4v) is 1.94. The molecule has 0 unspecified atom stereocenters. The first kappa shape index (κ1) is 16.3. The van der Waals surface area contributed by atoms with Crippen molar-refractivity contribution in [2.45, 2.75) is 0 Å². The number of thiol groups is 1. The van der Waals surface area contributed by atoms with Gasteiger partial charge >= 0.3 is 6.03 Å². The van der Waals surface area contributed by atoms with Crippen molar-refractivity contribution in [2.24, 2.45) is 5.73 Å². The number of carbonyl (C=O) groups excluding carboxylic acids is 2. The number of urea groups is 1. The molecule has 3 N–H and O–H groups in total. The van der Waals surface area contributed by atoms with Crippen LogP contribution in [-0.2, 0) is 0 Å². The van der Waals surface area contributed by atoms with Crippen molar-refractivity contribution in [2.75, 3.05) is 9.62 Å². The van der Waals surface area contributed by atoms with Crippen LogP contribution >= 0.6 is 12.8 Å². The van der Waals surface area contributed by atoms with E-state index in [-0.39, 0.29) is 11.4 Å². The summed E-state index contributed by atoms with van der Waals surface area (Å²) in [7, 11) is 0. The lowest BCUT2D eigenvalue weighted by Crippen LogP contribution is -2.26. The third kappa shape index (κ3) is 3.98. The molecular weight excluding hydrogens is 320 g/mol. The minimum atomic E-state index is -0.611. The summed E-state index contributed by atoms with van der Waals surface area (Å²) >= 11 is 4.07. The van der Waals surface area contributed by atoms with Gasteiger partial charge in [0.1, 0.15) is 0 Å². The van der Waals surface area contributed by atoms with Crippen LogP contribution in [-0.4, -0.2) is 16.9 Å². The third-order valence-electron chi connectivity index (χ3n) is 2.90. The molecule has 0 aliphatic carbocycles. The Morgan fingerprint density at radius 1 is 1.17 bits per heavy atom. The molecule has 0 atom stereocenters. The highest BCUT2D eigenvalue weighted by Crippen LogP contribution is 2.21. The van der Waals surface area contributed by atoms with Crippen molar-refractivity contribution in [3.05, 3.63) is 64.2 Å². The monoisotopic (exact) mass is 332 g/mol. The highest BCUT2D eigenvalue weighted by atomic mass is 32.1. The van der Waals surface area contributed by atoms with E-state index in [1.807, 2.05) is 0 Å². The first-order valence-corrected chi connectivity index (χ1v) is 6.73. The van der Waals surface area contributed by atoms with Crippen molar-refractivity contribution < 1.29 is 14.5 Å². The number of anilines is 2. The summed E-state index contributed by atoms with van der Waals surface area (Å²) in [4.78, 5) is 33.2. The highest BCUT2D eigenvalue weighted by Gasteiger charge is 2.14. The number of nitro groups is 1. The predicted octanol–water partition coefficient (Wildman–Crippen LogP) is 2.58. The summed E-state index contributed by atoms with van der Waals surface area (Å²) in [6.45, 7) is 0. The van der Waals surface area contributed by atoms with Gasteiger partial charge in [-0.2, -0.15) is 0 Å². The average molecular weight is 332 g/mol. The Hall–Kier alpha value is -3.07. The minimum absolute atomic E-state index is 0.140. The van der Waals surface area contributed by atoms with E-state index in [0.29, 0.717) is 11.3 Å². The molecule has 2 aromatic carbocycles. The molecule has 0 aromatic heterocycles. The molecule has 8 nitrogen and oxygen atoms in total. The lowest BCUT2D eigenvalue weighted by Gasteiger charge is -2.16. The highest BCUT2D eigenvalue weighted by molar-refractivity contribution is 7.82. The molecule has 2 rings (SSSR count). The summed E-state index contributed by atoms with van der Waals surface area (Å²) in [5, 5.41) is 13.2. The van der Waals surface area contributed by atoms with Gasteiger partial charge in [0, 0.05) is 23.4 Å². The van der Waals surface area contributed by atoms with Crippen molar-refractivity contribution >= 4 is 41.8 Å². The number of non-ortho nitro benzene ring substituents is 1. The van der Waals surface area contributed by atoms with Gasteiger partial charge in [-0.15, -0.1) is 0 Å². The van der Waals surface area contributed by atoms with Crippen molar-refractivity contribution in [1.29, 1.82) is 0 Å². The van der Waals surface area contributed by atoms with E-state index >= 15 is 0 Å². The van der Waals surface area contributed by atoms with Crippen molar-refractivity contribution in [3.8, 4) is 0 Å². The number of hydrogen-bond acceptors (Lipinski definition) is 5. The van der Waals surface area contributed by atoms with Crippen LogP contribution in [0.15, 0.2) is 48.5 Å². The summed E-state index contributed by atoms with van der Waals surface area (Å²) in [5.41, 5.74) is 5.96. The number of hydrogen-bond donors (Lipinski definition) is 3. The molecule has 0 radical (unpaired) electrons. The molecule has 2 aromatic rings. The largest absolute Gasteiger partial charge is 0.366 e. The number of carbonyl (C=O) groups is 2. The Balaban J connectivity index is 2.12. The van der Waals surface area contributed by atoms with Crippen LogP contribution in [0.2, 0.25) is 0 Å². The molecule has 23 heavy (non-hydrogen) atoms. The molecule has 9 heteroatoms. The maximum absolute atomic E-state index is 12.1. The minimum Gasteiger partial charge on any atom is -0.366 e. The molecular formula is C14H12N4O4S. The average Bonchev–Trinajstić information content (AvgIpc) is 2.54. The molecule has 0 saturated carbocycles. The van der Waals surface area contributed by atoms with Gasteiger partial charge in [0.2, 0.25) is 5.91 Å². The molecule has 3 amide bonds. The van der Waals surface area contributed by atoms with Gasteiger partial charge in [0.05, 0.1) is 10.6 Å². The zero-order valence-corrected chi connectivity index (χ0v) is 12.6.